The molecule has 0 atom stereocenters. The summed E-state index contributed by atoms with van der Waals surface area (Å²) in [5, 5.41) is 9.76. The summed E-state index contributed by atoms with van der Waals surface area (Å²) in [5.41, 5.74) is 2.51. The van der Waals surface area contributed by atoms with Gasteiger partial charge >= 0.3 is 0 Å². The topological polar surface area (TPSA) is 39.9 Å². The van der Waals surface area contributed by atoms with Crippen molar-refractivity contribution in [1.29, 1.82) is 0 Å². The molecule has 1 heterocycles. The van der Waals surface area contributed by atoms with Crippen LogP contribution in [0.2, 0.25) is 0 Å². The van der Waals surface area contributed by atoms with E-state index in [2.05, 4.69) is 71.6 Å². The molecule has 0 bridgehead atoms. The Balaban J connectivity index is 1.49. The second-order valence-electron chi connectivity index (χ2n) is 6.76. The van der Waals surface area contributed by atoms with Gasteiger partial charge in [-0.05, 0) is 44.5 Å². The number of aryl methyl sites for hydroxylation is 2. The average molecular weight is 426 g/mol. The van der Waals surface area contributed by atoms with Crippen LogP contribution in [0.25, 0.3) is 0 Å². The van der Waals surface area contributed by atoms with Crippen molar-refractivity contribution >= 4 is 23.5 Å². The third-order valence-electron chi connectivity index (χ3n) is 4.30. The maximum Gasteiger partial charge on any atom is 0.191 e. The minimum absolute atomic E-state index is 0.696. The molecule has 0 saturated heterocycles. The van der Waals surface area contributed by atoms with Gasteiger partial charge in [-0.3, -0.25) is 0 Å². The van der Waals surface area contributed by atoms with E-state index in [4.69, 9.17) is 4.74 Å². The van der Waals surface area contributed by atoms with Gasteiger partial charge in [-0.25, -0.2) is 0 Å². The summed E-state index contributed by atoms with van der Waals surface area (Å²) in [5.74, 6) is 3.63. The van der Waals surface area contributed by atoms with Gasteiger partial charge in [0, 0.05) is 17.2 Å². The number of hydrogen-bond donors (Lipinski definition) is 0. The first-order valence-electron chi connectivity index (χ1n) is 9.70. The van der Waals surface area contributed by atoms with Crippen molar-refractivity contribution in [2.75, 3.05) is 12.4 Å². The molecule has 0 saturated carbocycles. The Bertz CT molecular complexity index is 905. The molecule has 0 amide bonds. The molecule has 0 N–H and O–H groups in total. The quantitative estimate of drug-likeness (QED) is 0.216. The Morgan fingerprint density at radius 2 is 1.66 bits per heavy atom. The monoisotopic (exact) mass is 425 g/mol. The van der Waals surface area contributed by atoms with Crippen molar-refractivity contribution in [1.82, 2.24) is 14.8 Å². The van der Waals surface area contributed by atoms with E-state index < -0.39 is 0 Å². The molecule has 3 aromatic rings. The predicted molar refractivity (Wildman–Crippen MR) is 123 cm³/mol. The number of allylic oxidation sites excluding steroid dienone is 1. The van der Waals surface area contributed by atoms with Crippen molar-refractivity contribution in [3.8, 4) is 5.75 Å². The summed E-state index contributed by atoms with van der Waals surface area (Å²) in [7, 11) is 0. The van der Waals surface area contributed by atoms with Crippen LogP contribution < -0.4 is 4.74 Å². The summed E-state index contributed by atoms with van der Waals surface area (Å²) >= 11 is 3.50. The zero-order valence-corrected chi connectivity index (χ0v) is 18.6. The highest BCUT2D eigenvalue weighted by molar-refractivity contribution is 7.99. The van der Waals surface area contributed by atoms with E-state index >= 15 is 0 Å². The summed E-state index contributed by atoms with van der Waals surface area (Å²) in [6.45, 7) is 9.48. The van der Waals surface area contributed by atoms with E-state index in [1.165, 1.54) is 16.0 Å². The maximum atomic E-state index is 5.80. The molecular formula is C23H27N3OS2. The molecule has 0 aliphatic heterocycles. The van der Waals surface area contributed by atoms with E-state index in [0.717, 1.165) is 41.2 Å². The highest BCUT2D eigenvalue weighted by Gasteiger charge is 2.12. The van der Waals surface area contributed by atoms with Gasteiger partial charge in [0.1, 0.15) is 11.6 Å². The highest BCUT2D eigenvalue weighted by Crippen LogP contribution is 2.25. The molecule has 0 radical (unpaired) electrons. The lowest BCUT2D eigenvalue weighted by Crippen LogP contribution is -2.04. The first kappa shape index (κ1) is 21.5. The number of thioether (sulfide) groups is 2. The van der Waals surface area contributed by atoms with Crippen molar-refractivity contribution in [3.63, 3.8) is 0 Å². The van der Waals surface area contributed by atoms with E-state index in [0.29, 0.717) is 6.61 Å². The first-order valence-corrected chi connectivity index (χ1v) is 11.7. The minimum atomic E-state index is 0.696. The molecule has 6 heteroatoms. The molecule has 0 fully saturated rings. The second-order valence-corrected chi connectivity index (χ2v) is 8.87. The lowest BCUT2D eigenvalue weighted by molar-refractivity contribution is 0.318. The van der Waals surface area contributed by atoms with Gasteiger partial charge in [0.05, 0.1) is 12.4 Å². The molecule has 1 aromatic heterocycles. The Morgan fingerprint density at radius 1 is 0.966 bits per heavy atom. The average Bonchev–Trinajstić information content (AvgIpc) is 3.11. The molecule has 29 heavy (non-hydrogen) atoms. The van der Waals surface area contributed by atoms with Crippen molar-refractivity contribution in [2.45, 2.75) is 42.6 Å². The summed E-state index contributed by atoms with van der Waals surface area (Å²) in [6.07, 6.45) is 2.85. The van der Waals surface area contributed by atoms with Crippen LogP contribution >= 0.6 is 23.5 Å². The number of ether oxygens (including phenoxy) is 1. The minimum Gasteiger partial charge on any atom is -0.494 e. The zero-order chi connectivity index (χ0) is 20.5. The van der Waals surface area contributed by atoms with Crippen molar-refractivity contribution < 1.29 is 4.74 Å². The molecule has 0 spiro atoms. The molecule has 0 aliphatic carbocycles. The van der Waals surface area contributed by atoms with Gasteiger partial charge in [-0.2, -0.15) is 0 Å². The Morgan fingerprint density at radius 3 is 2.34 bits per heavy atom. The summed E-state index contributed by atoms with van der Waals surface area (Å²) in [6, 6.07) is 16.7. The fraction of sp³-hybridized carbons (Fsp3) is 0.304. The fourth-order valence-electron chi connectivity index (χ4n) is 2.67. The van der Waals surface area contributed by atoms with Crippen LogP contribution in [0.4, 0.5) is 0 Å². The molecule has 0 unspecified atom stereocenters. The SMILES string of the molecule is C=CCn1c(CSc2ccc(C)cc2)nnc1SCCCOc1ccc(C)cc1. The Kier molecular flexibility index (Phi) is 8.25. The lowest BCUT2D eigenvalue weighted by atomic mass is 10.2. The smallest absolute Gasteiger partial charge is 0.191 e. The number of hydrogen-bond acceptors (Lipinski definition) is 5. The van der Waals surface area contributed by atoms with Gasteiger partial charge < -0.3 is 9.30 Å². The number of benzene rings is 2. The standard InChI is InChI=1S/C23H27N3OS2/c1-4-14-26-22(17-29-21-12-8-19(3)9-13-21)24-25-23(26)28-16-5-15-27-20-10-6-18(2)7-11-20/h4,6-13H,1,5,14-17H2,2-3H3. The number of aromatic nitrogens is 3. The largest absolute Gasteiger partial charge is 0.494 e. The van der Waals surface area contributed by atoms with Crippen LogP contribution in [0, 0.1) is 13.8 Å². The third-order valence-corrected chi connectivity index (χ3v) is 6.36. The Labute approximate surface area is 181 Å². The molecular weight excluding hydrogens is 398 g/mol. The van der Waals surface area contributed by atoms with Crippen LogP contribution in [0.5, 0.6) is 5.75 Å². The van der Waals surface area contributed by atoms with Crippen LogP contribution in [-0.4, -0.2) is 27.1 Å². The van der Waals surface area contributed by atoms with Crippen LogP contribution in [-0.2, 0) is 12.3 Å². The molecule has 4 nitrogen and oxygen atoms in total. The molecule has 2 aromatic carbocycles. The first-order chi connectivity index (χ1) is 14.2. The fourth-order valence-corrected chi connectivity index (χ4v) is 4.39. The van der Waals surface area contributed by atoms with Crippen LogP contribution in [0.1, 0.15) is 23.4 Å². The van der Waals surface area contributed by atoms with Gasteiger partial charge in [0.2, 0.25) is 0 Å². The van der Waals surface area contributed by atoms with E-state index in [1.807, 2.05) is 18.2 Å². The van der Waals surface area contributed by atoms with Gasteiger partial charge in [0.25, 0.3) is 0 Å². The van der Waals surface area contributed by atoms with Gasteiger partial charge in [0.15, 0.2) is 5.16 Å². The summed E-state index contributed by atoms with van der Waals surface area (Å²) < 4.78 is 7.95. The normalized spacial score (nSPS) is 10.8. The Hall–Kier alpha value is -2.18. The van der Waals surface area contributed by atoms with Crippen molar-refractivity contribution in [2.24, 2.45) is 0 Å². The highest BCUT2D eigenvalue weighted by atomic mass is 32.2. The second kappa shape index (κ2) is 11.1. The summed E-state index contributed by atoms with van der Waals surface area (Å²) in [4.78, 5) is 1.24. The molecule has 152 valence electrons. The number of nitrogens with zero attached hydrogens (tertiary/aromatic N) is 3. The van der Waals surface area contributed by atoms with Gasteiger partial charge in [-0.15, -0.1) is 28.5 Å². The van der Waals surface area contributed by atoms with E-state index in [1.54, 1.807) is 23.5 Å². The van der Waals surface area contributed by atoms with E-state index in [9.17, 15) is 0 Å². The zero-order valence-electron chi connectivity index (χ0n) is 17.0. The molecule has 3 rings (SSSR count). The molecule has 0 aliphatic rings. The predicted octanol–water partition coefficient (Wildman–Crippen LogP) is 5.93. The van der Waals surface area contributed by atoms with Crippen molar-refractivity contribution in [3.05, 3.63) is 78.1 Å². The third kappa shape index (κ3) is 6.68. The maximum absolute atomic E-state index is 5.80. The van der Waals surface area contributed by atoms with Crippen LogP contribution in [0.15, 0.2) is 71.2 Å². The van der Waals surface area contributed by atoms with E-state index in [-0.39, 0.29) is 0 Å². The lowest BCUT2D eigenvalue weighted by Gasteiger charge is -2.08. The van der Waals surface area contributed by atoms with Gasteiger partial charge in [-0.1, -0.05) is 53.2 Å². The number of rotatable bonds is 11. The van der Waals surface area contributed by atoms with Crippen LogP contribution in [0.3, 0.4) is 0 Å².